The summed E-state index contributed by atoms with van der Waals surface area (Å²) in [5.41, 5.74) is 5.69. The summed E-state index contributed by atoms with van der Waals surface area (Å²) in [6, 6.07) is 20.3. The third-order valence-corrected chi connectivity index (χ3v) is 8.11. The maximum atomic E-state index is 13.5. The van der Waals surface area contributed by atoms with Crippen LogP contribution in [0.2, 0.25) is 0 Å². The van der Waals surface area contributed by atoms with E-state index in [1.807, 2.05) is 49.4 Å². The van der Waals surface area contributed by atoms with Crippen LogP contribution in [0.15, 0.2) is 72.8 Å². The molecule has 0 radical (unpaired) electrons. The summed E-state index contributed by atoms with van der Waals surface area (Å²) >= 11 is 0. The average Bonchev–Trinajstić information content (AvgIpc) is 3.46. The van der Waals surface area contributed by atoms with E-state index in [1.54, 1.807) is 6.92 Å². The summed E-state index contributed by atoms with van der Waals surface area (Å²) in [5.74, 6) is 0.864. The van der Waals surface area contributed by atoms with Gasteiger partial charge in [0.1, 0.15) is 12.3 Å². The van der Waals surface area contributed by atoms with Crippen LogP contribution in [0.5, 0.6) is 5.75 Å². The molecule has 0 bridgehead atoms. The highest BCUT2D eigenvalue weighted by molar-refractivity contribution is 5.98. The molecule has 0 spiro atoms. The Morgan fingerprint density at radius 3 is 2.61 bits per heavy atom. The van der Waals surface area contributed by atoms with E-state index in [9.17, 15) is 13.2 Å². The van der Waals surface area contributed by atoms with Gasteiger partial charge in [-0.25, -0.2) is 0 Å². The van der Waals surface area contributed by atoms with E-state index in [-0.39, 0.29) is 6.61 Å². The Kier molecular flexibility index (Phi) is 8.77. The number of nitrogens with zero attached hydrogens (tertiary/aromatic N) is 3. The Morgan fingerprint density at radius 1 is 0.977 bits per heavy atom. The van der Waals surface area contributed by atoms with Crippen LogP contribution in [0.25, 0.3) is 32.8 Å². The molecule has 9 heteroatoms. The lowest BCUT2D eigenvalue weighted by Gasteiger charge is -2.13. The van der Waals surface area contributed by atoms with Crippen molar-refractivity contribution in [3.05, 3.63) is 95.5 Å². The zero-order valence-corrected chi connectivity index (χ0v) is 25.0. The van der Waals surface area contributed by atoms with E-state index >= 15 is 0 Å². The Balaban J connectivity index is 1.41. The number of para-hydroxylation sites is 1. The molecule has 0 saturated carbocycles. The molecule has 2 aromatic heterocycles. The van der Waals surface area contributed by atoms with Crippen molar-refractivity contribution >= 4 is 21.7 Å². The van der Waals surface area contributed by atoms with Gasteiger partial charge in [-0.3, -0.25) is 4.68 Å². The van der Waals surface area contributed by atoms with Gasteiger partial charge in [0, 0.05) is 46.4 Å². The maximum Gasteiger partial charge on any atom is 0.408 e. The molecule has 3 heterocycles. The largest absolute Gasteiger partial charge is 0.493 e. The summed E-state index contributed by atoms with van der Waals surface area (Å²) in [7, 11) is 0. The summed E-state index contributed by atoms with van der Waals surface area (Å²) in [4.78, 5) is 0. The van der Waals surface area contributed by atoms with Crippen LogP contribution in [0.4, 0.5) is 13.2 Å². The minimum atomic E-state index is -4.39. The second kappa shape index (κ2) is 12.9. The summed E-state index contributed by atoms with van der Waals surface area (Å²) in [6.07, 6.45) is 1.16. The molecule has 1 aliphatic heterocycles. The second-order valence-electron chi connectivity index (χ2n) is 11.0. The standard InChI is InChI=1S/C35H36F3N3O3/c1-3-42-22-31-27(16-10-20-44-32-17-8-12-25-11-4-5-13-26(25)32)28-14-9-15-29-33-24(2)41(23-35(36,37)38)39-30(33)21-43-19-7-6-18-40(31)34(28)29/h4-9,11-15,17H,3,10,16,18-23H2,1-2H3/b7-6-. The molecule has 0 aliphatic carbocycles. The third-order valence-electron chi connectivity index (χ3n) is 8.11. The lowest BCUT2D eigenvalue weighted by molar-refractivity contribution is -0.143. The van der Waals surface area contributed by atoms with Gasteiger partial charge in [-0.1, -0.05) is 66.7 Å². The van der Waals surface area contributed by atoms with Crippen molar-refractivity contribution in [1.29, 1.82) is 0 Å². The van der Waals surface area contributed by atoms with Crippen molar-refractivity contribution in [2.75, 3.05) is 19.8 Å². The Bertz CT molecular complexity index is 1800. The van der Waals surface area contributed by atoms with Gasteiger partial charge in [-0.05, 0) is 43.7 Å². The number of hydrogen-bond acceptors (Lipinski definition) is 4. The van der Waals surface area contributed by atoms with Crippen LogP contribution in [0.3, 0.4) is 0 Å². The molecule has 6 rings (SSSR count). The first-order valence-electron chi connectivity index (χ1n) is 15.0. The van der Waals surface area contributed by atoms with Gasteiger partial charge in [-0.15, -0.1) is 0 Å². The molecule has 0 unspecified atom stereocenters. The summed E-state index contributed by atoms with van der Waals surface area (Å²) in [5, 5.41) is 7.67. The fraction of sp³-hybridized carbons (Fsp3) is 0.343. The van der Waals surface area contributed by atoms with Crippen LogP contribution in [-0.2, 0) is 42.2 Å². The molecule has 0 saturated heterocycles. The molecule has 3 aromatic carbocycles. The quantitative estimate of drug-likeness (QED) is 0.126. The minimum absolute atomic E-state index is 0.118. The van der Waals surface area contributed by atoms with Crippen molar-refractivity contribution in [2.45, 2.75) is 59.2 Å². The normalized spacial score (nSPS) is 14.5. The predicted molar refractivity (Wildman–Crippen MR) is 166 cm³/mol. The molecule has 0 amide bonds. The van der Waals surface area contributed by atoms with Gasteiger partial charge >= 0.3 is 6.18 Å². The van der Waals surface area contributed by atoms with Crippen molar-refractivity contribution in [2.24, 2.45) is 0 Å². The van der Waals surface area contributed by atoms with E-state index in [2.05, 4.69) is 40.0 Å². The number of alkyl halides is 3. The number of aromatic nitrogens is 3. The van der Waals surface area contributed by atoms with Gasteiger partial charge in [0.2, 0.25) is 0 Å². The highest BCUT2D eigenvalue weighted by Crippen LogP contribution is 2.39. The summed E-state index contributed by atoms with van der Waals surface area (Å²) in [6.45, 7) is 5.09. The first kappa shape index (κ1) is 30.0. The Labute approximate surface area is 254 Å². The zero-order valence-electron chi connectivity index (χ0n) is 25.0. The number of hydrogen-bond donors (Lipinski definition) is 0. The Morgan fingerprint density at radius 2 is 1.77 bits per heavy atom. The fourth-order valence-corrected chi connectivity index (χ4v) is 6.19. The van der Waals surface area contributed by atoms with E-state index in [1.165, 1.54) is 5.56 Å². The SMILES string of the molecule is CCOCc1c(CCCOc2cccc3ccccc23)c2cccc3c2n1C/C=C\COCc1nn(CC(F)(F)F)c(C)c1-3. The van der Waals surface area contributed by atoms with Crippen LogP contribution in [-0.4, -0.2) is 40.3 Å². The van der Waals surface area contributed by atoms with Crippen LogP contribution in [0, 0.1) is 6.92 Å². The molecular formula is C35H36F3N3O3. The first-order chi connectivity index (χ1) is 21.4. The monoisotopic (exact) mass is 603 g/mol. The number of halogens is 3. The van der Waals surface area contributed by atoms with E-state index in [4.69, 9.17) is 14.2 Å². The number of benzene rings is 3. The molecular weight excluding hydrogens is 567 g/mol. The van der Waals surface area contributed by atoms with Crippen LogP contribution < -0.4 is 4.74 Å². The lowest BCUT2D eigenvalue weighted by Crippen LogP contribution is -2.19. The number of allylic oxidation sites excluding steroid dienone is 1. The first-order valence-corrected chi connectivity index (χ1v) is 15.0. The molecule has 6 nitrogen and oxygen atoms in total. The minimum Gasteiger partial charge on any atom is -0.493 e. The van der Waals surface area contributed by atoms with E-state index in [0.717, 1.165) is 56.2 Å². The van der Waals surface area contributed by atoms with Crippen molar-refractivity contribution in [1.82, 2.24) is 14.3 Å². The molecule has 0 N–H and O–H groups in total. The van der Waals surface area contributed by atoms with Gasteiger partial charge in [-0.2, -0.15) is 18.3 Å². The number of aryl methyl sites for hydroxylation is 1. The number of fused-ring (bicyclic) bond motifs is 3. The van der Waals surface area contributed by atoms with Gasteiger partial charge in [0.15, 0.2) is 0 Å². The zero-order chi connectivity index (χ0) is 30.7. The fourth-order valence-electron chi connectivity index (χ4n) is 6.19. The molecule has 1 aliphatic rings. The van der Waals surface area contributed by atoms with Crippen LogP contribution in [0.1, 0.15) is 36.0 Å². The highest BCUT2D eigenvalue weighted by atomic mass is 19.4. The van der Waals surface area contributed by atoms with Crippen molar-refractivity contribution < 1.29 is 27.4 Å². The molecule has 0 atom stereocenters. The number of ether oxygens (including phenoxy) is 3. The number of rotatable bonds is 9. The highest BCUT2D eigenvalue weighted by Gasteiger charge is 2.31. The average molecular weight is 604 g/mol. The second-order valence-corrected chi connectivity index (χ2v) is 11.0. The predicted octanol–water partition coefficient (Wildman–Crippen LogP) is 8.16. The summed E-state index contributed by atoms with van der Waals surface area (Å²) < 4.78 is 61.8. The maximum absolute atomic E-state index is 13.5. The van der Waals surface area contributed by atoms with Gasteiger partial charge < -0.3 is 18.8 Å². The third kappa shape index (κ3) is 6.12. The van der Waals surface area contributed by atoms with Gasteiger partial charge in [0.05, 0.1) is 37.6 Å². The van der Waals surface area contributed by atoms with Gasteiger partial charge in [0.25, 0.3) is 0 Å². The molecule has 230 valence electrons. The lowest BCUT2D eigenvalue weighted by atomic mass is 9.98. The smallest absolute Gasteiger partial charge is 0.408 e. The van der Waals surface area contributed by atoms with E-state index in [0.29, 0.717) is 49.9 Å². The topological polar surface area (TPSA) is 50.4 Å². The van der Waals surface area contributed by atoms with Crippen molar-refractivity contribution in [3.8, 4) is 16.9 Å². The molecule has 5 aromatic rings. The molecule has 44 heavy (non-hydrogen) atoms. The molecule has 0 fully saturated rings. The van der Waals surface area contributed by atoms with Crippen LogP contribution >= 0.6 is 0 Å². The van der Waals surface area contributed by atoms with E-state index < -0.39 is 12.7 Å². The Hall–Kier alpha value is -4.08. The van der Waals surface area contributed by atoms with Crippen molar-refractivity contribution in [3.63, 3.8) is 0 Å².